The van der Waals surface area contributed by atoms with Crippen LogP contribution in [0.1, 0.15) is 23.7 Å². The predicted octanol–water partition coefficient (Wildman–Crippen LogP) is 2.40. The summed E-state index contributed by atoms with van der Waals surface area (Å²) in [5.41, 5.74) is 0.215. The van der Waals surface area contributed by atoms with E-state index in [2.05, 4.69) is 5.32 Å². The van der Waals surface area contributed by atoms with Crippen molar-refractivity contribution < 1.29 is 14.6 Å². The Labute approximate surface area is 112 Å². The zero-order valence-electron chi connectivity index (χ0n) is 10.6. The van der Waals surface area contributed by atoms with Gasteiger partial charge in [-0.1, -0.05) is 6.92 Å². The van der Waals surface area contributed by atoms with Crippen molar-refractivity contribution in [3.63, 3.8) is 0 Å². The van der Waals surface area contributed by atoms with Crippen LogP contribution in [-0.4, -0.2) is 30.5 Å². The molecule has 0 fully saturated rings. The number of rotatable bonds is 6. The minimum Gasteiger partial charge on any atom is -0.507 e. The van der Waals surface area contributed by atoms with E-state index in [4.69, 9.17) is 16.3 Å². The molecule has 100 valence electrons. The van der Waals surface area contributed by atoms with Gasteiger partial charge in [0.05, 0.1) is 12.7 Å². The van der Waals surface area contributed by atoms with E-state index in [1.54, 1.807) is 6.07 Å². The number of carbonyl (C=O) groups is 1. The SMILES string of the molecule is COc1ccc(O)c(C(=O)NCC(C)CCCl)c1. The number of amides is 1. The van der Waals surface area contributed by atoms with Crippen molar-refractivity contribution >= 4 is 17.5 Å². The molecule has 0 bridgehead atoms. The van der Waals surface area contributed by atoms with E-state index in [9.17, 15) is 9.90 Å². The molecule has 0 saturated carbocycles. The second-order valence-electron chi connectivity index (χ2n) is 4.18. The van der Waals surface area contributed by atoms with Gasteiger partial charge in [0.25, 0.3) is 5.91 Å². The summed E-state index contributed by atoms with van der Waals surface area (Å²) >= 11 is 5.62. The Morgan fingerprint density at radius 1 is 1.56 bits per heavy atom. The number of carbonyl (C=O) groups excluding carboxylic acids is 1. The number of hydrogen-bond donors (Lipinski definition) is 2. The van der Waals surface area contributed by atoms with Crippen LogP contribution in [0.3, 0.4) is 0 Å². The van der Waals surface area contributed by atoms with Gasteiger partial charge in [-0.3, -0.25) is 4.79 Å². The Morgan fingerprint density at radius 3 is 2.89 bits per heavy atom. The molecule has 0 aliphatic rings. The van der Waals surface area contributed by atoms with E-state index in [0.29, 0.717) is 24.1 Å². The number of alkyl halides is 1. The maximum atomic E-state index is 11.9. The number of aromatic hydroxyl groups is 1. The molecule has 0 spiro atoms. The Hall–Kier alpha value is -1.42. The van der Waals surface area contributed by atoms with Crippen LogP contribution >= 0.6 is 11.6 Å². The van der Waals surface area contributed by atoms with Gasteiger partial charge in [-0.05, 0) is 30.5 Å². The predicted molar refractivity (Wildman–Crippen MR) is 71.5 cm³/mol. The molecule has 5 heteroatoms. The summed E-state index contributed by atoms with van der Waals surface area (Å²) in [6.07, 6.45) is 0.839. The van der Waals surface area contributed by atoms with E-state index in [0.717, 1.165) is 6.42 Å². The highest BCUT2D eigenvalue weighted by molar-refractivity contribution is 6.17. The number of nitrogens with one attached hydrogen (secondary N) is 1. The van der Waals surface area contributed by atoms with Crippen LogP contribution in [0.4, 0.5) is 0 Å². The van der Waals surface area contributed by atoms with Crippen LogP contribution in [0.15, 0.2) is 18.2 Å². The molecule has 1 amide bonds. The first-order chi connectivity index (χ1) is 8.58. The van der Waals surface area contributed by atoms with Crippen molar-refractivity contribution in [1.29, 1.82) is 0 Å². The summed E-state index contributed by atoms with van der Waals surface area (Å²) in [7, 11) is 1.51. The van der Waals surface area contributed by atoms with Crippen LogP contribution in [0.2, 0.25) is 0 Å². The third-order valence-electron chi connectivity index (χ3n) is 2.66. The van der Waals surface area contributed by atoms with Crippen LogP contribution in [0.5, 0.6) is 11.5 Å². The molecule has 4 nitrogen and oxygen atoms in total. The molecule has 18 heavy (non-hydrogen) atoms. The van der Waals surface area contributed by atoms with Crippen molar-refractivity contribution in [2.45, 2.75) is 13.3 Å². The molecular formula is C13H18ClNO3. The zero-order chi connectivity index (χ0) is 13.5. The number of phenolic OH excluding ortho intramolecular Hbond substituents is 1. The fraction of sp³-hybridized carbons (Fsp3) is 0.462. The monoisotopic (exact) mass is 271 g/mol. The highest BCUT2D eigenvalue weighted by Crippen LogP contribution is 2.22. The first-order valence-electron chi connectivity index (χ1n) is 5.79. The summed E-state index contributed by atoms with van der Waals surface area (Å²) in [6.45, 7) is 2.54. The molecule has 1 aromatic rings. The maximum absolute atomic E-state index is 11.9. The first-order valence-corrected chi connectivity index (χ1v) is 6.33. The molecule has 0 aromatic heterocycles. The lowest BCUT2D eigenvalue weighted by Gasteiger charge is -2.12. The molecule has 1 unspecified atom stereocenters. The summed E-state index contributed by atoms with van der Waals surface area (Å²) < 4.78 is 5.02. The first kappa shape index (κ1) is 14.6. The third kappa shape index (κ3) is 4.11. The Kier molecular flexibility index (Phi) is 5.78. The van der Waals surface area contributed by atoms with Gasteiger partial charge < -0.3 is 15.2 Å². The second kappa shape index (κ2) is 7.11. The fourth-order valence-electron chi connectivity index (χ4n) is 1.47. The molecule has 0 aliphatic carbocycles. The average Bonchev–Trinajstić information content (AvgIpc) is 2.37. The van der Waals surface area contributed by atoms with E-state index < -0.39 is 0 Å². The third-order valence-corrected chi connectivity index (χ3v) is 2.88. The Balaban J connectivity index is 2.66. The number of benzene rings is 1. The quantitative estimate of drug-likeness (QED) is 0.781. The van der Waals surface area contributed by atoms with Gasteiger partial charge >= 0.3 is 0 Å². The van der Waals surface area contributed by atoms with Gasteiger partial charge in [0, 0.05) is 12.4 Å². The maximum Gasteiger partial charge on any atom is 0.255 e. The molecule has 2 N–H and O–H groups in total. The number of methoxy groups -OCH3 is 1. The summed E-state index contributed by atoms with van der Waals surface area (Å²) in [6, 6.07) is 4.55. The van der Waals surface area contributed by atoms with Crippen LogP contribution in [0.25, 0.3) is 0 Å². The van der Waals surface area contributed by atoms with Crippen molar-refractivity contribution in [2.75, 3.05) is 19.5 Å². The van der Waals surface area contributed by atoms with E-state index in [1.165, 1.54) is 19.2 Å². The van der Waals surface area contributed by atoms with Gasteiger partial charge in [0.15, 0.2) is 0 Å². The molecular weight excluding hydrogens is 254 g/mol. The second-order valence-corrected chi connectivity index (χ2v) is 4.55. The van der Waals surface area contributed by atoms with Gasteiger partial charge in [-0.15, -0.1) is 11.6 Å². The molecule has 0 heterocycles. The minimum atomic E-state index is -0.312. The largest absolute Gasteiger partial charge is 0.507 e. The zero-order valence-corrected chi connectivity index (χ0v) is 11.3. The standard InChI is InChI=1S/C13H18ClNO3/c1-9(5-6-14)8-15-13(17)11-7-10(18-2)3-4-12(11)16/h3-4,7,9,16H,5-6,8H2,1-2H3,(H,15,17). The Morgan fingerprint density at radius 2 is 2.28 bits per heavy atom. The summed E-state index contributed by atoms with van der Waals surface area (Å²) in [5, 5.41) is 12.4. The minimum absolute atomic E-state index is 0.0571. The fourth-order valence-corrected chi connectivity index (χ4v) is 1.85. The lowest BCUT2D eigenvalue weighted by molar-refractivity contribution is 0.0945. The van der Waals surface area contributed by atoms with E-state index in [1.807, 2.05) is 6.92 Å². The van der Waals surface area contributed by atoms with Gasteiger partial charge in [-0.25, -0.2) is 0 Å². The van der Waals surface area contributed by atoms with Crippen LogP contribution in [0, 0.1) is 5.92 Å². The van der Waals surface area contributed by atoms with Gasteiger partial charge in [-0.2, -0.15) is 0 Å². The molecule has 0 aliphatic heterocycles. The number of halogens is 1. The Bertz CT molecular complexity index is 409. The van der Waals surface area contributed by atoms with Crippen LogP contribution in [-0.2, 0) is 0 Å². The van der Waals surface area contributed by atoms with E-state index in [-0.39, 0.29) is 17.2 Å². The molecule has 0 radical (unpaired) electrons. The molecule has 1 atom stereocenters. The van der Waals surface area contributed by atoms with Crippen LogP contribution < -0.4 is 10.1 Å². The summed E-state index contributed by atoms with van der Waals surface area (Å²) in [4.78, 5) is 11.9. The normalized spacial score (nSPS) is 11.9. The molecule has 0 saturated heterocycles. The molecule has 1 rings (SSSR count). The highest BCUT2D eigenvalue weighted by Gasteiger charge is 2.13. The highest BCUT2D eigenvalue weighted by atomic mass is 35.5. The number of phenols is 1. The van der Waals surface area contributed by atoms with Gasteiger partial charge in [0.2, 0.25) is 0 Å². The number of ether oxygens (including phenoxy) is 1. The van der Waals surface area contributed by atoms with Gasteiger partial charge in [0.1, 0.15) is 11.5 Å². The summed E-state index contributed by atoms with van der Waals surface area (Å²) in [5.74, 6) is 1.04. The average molecular weight is 272 g/mol. The van der Waals surface area contributed by atoms with E-state index >= 15 is 0 Å². The van der Waals surface area contributed by atoms with Crippen molar-refractivity contribution in [3.8, 4) is 11.5 Å². The lowest BCUT2D eigenvalue weighted by Crippen LogP contribution is -2.28. The number of hydrogen-bond acceptors (Lipinski definition) is 3. The lowest BCUT2D eigenvalue weighted by atomic mass is 10.1. The van der Waals surface area contributed by atoms with Crippen molar-refractivity contribution in [3.05, 3.63) is 23.8 Å². The van der Waals surface area contributed by atoms with Crippen molar-refractivity contribution in [1.82, 2.24) is 5.32 Å². The van der Waals surface area contributed by atoms with Crippen molar-refractivity contribution in [2.24, 2.45) is 5.92 Å². The smallest absolute Gasteiger partial charge is 0.255 e. The molecule has 1 aromatic carbocycles. The topological polar surface area (TPSA) is 58.6 Å².